The van der Waals surface area contributed by atoms with Gasteiger partial charge in [0.15, 0.2) is 12.3 Å². The van der Waals surface area contributed by atoms with Crippen molar-refractivity contribution in [3.05, 3.63) is 42.6 Å². The fourth-order valence-electron chi connectivity index (χ4n) is 4.04. The Balaban J connectivity index is 1.88. The van der Waals surface area contributed by atoms with E-state index in [0.717, 1.165) is 6.08 Å². The van der Waals surface area contributed by atoms with Crippen LogP contribution in [0.4, 0.5) is 0 Å². The first-order chi connectivity index (χ1) is 19.1. The van der Waals surface area contributed by atoms with Gasteiger partial charge < -0.3 is 43.7 Å². The number of para-hydroxylation sites is 1. The van der Waals surface area contributed by atoms with E-state index in [-0.39, 0.29) is 12.7 Å². The molecular formula is C26H38N3O10PS. The van der Waals surface area contributed by atoms with Crippen LogP contribution in [0.3, 0.4) is 0 Å². The number of hydrogen-bond donors (Lipinski definition) is 4. The number of amides is 1. The van der Waals surface area contributed by atoms with Crippen LogP contribution < -0.4 is 14.9 Å². The van der Waals surface area contributed by atoms with Crippen molar-refractivity contribution >= 4 is 36.3 Å². The zero-order valence-corrected chi connectivity index (χ0v) is 25.5. The highest BCUT2D eigenvalue weighted by atomic mass is 32.5. The van der Waals surface area contributed by atoms with Gasteiger partial charge in [-0.1, -0.05) is 32.0 Å². The molecule has 3 rings (SSSR count). The number of hydrogen-bond acceptors (Lipinski definition) is 12. The Bertz CT molecular complexity index is 1170. The minimum absolute atomic E-state index is 0.342. The van der Waals surface area contributed by atoms with Crippen molar-refractivity contribution in [2.75, 3.05) is 6.61 Å². The summed E-state index contributed by atoms with van der Waals surface area (Å²) in [5.41, 5.74) is -1.88. The van der Waals surface area contributed by atoms with E-state index >= 15 is 0 Å². The van der Waals surface area contributed by atoms with E-state index in [0.29, 0.717) is 5.75 Å². The Morgan fingerprint density at radius 2 is 1.85 bits per heavy atom. The maximum Gasteiger partial charge on any atom is 0.323 e. The smallest absolute Gasteiger partial charge is 0.323 e. The quantitative estimate of drug-likeness (QED) is 0.198. The average Bonchev–Trinajstić information content (AvgIpc) is 3.12. The first-order valence-corrected chi connectivity index (χ1v) is 15.8. The second-order valence-electron chi connectivity index (χ2n) is 10.4. The molecule has 0 spiro atoms. The van der Waals surface area contributed by atoms with E-state index in [1.165, 1.54) is 18.0 Å². The molecule has 1 amide bonds. The Morgan fingerprint density at radius 3 is 2.44 bits per heavy atom. The standard InChI is InChI=1S/C26H38N3O10PS/c1-15(2)22(31)38-21-19(37-24(26(21,6)34)29-13-12-20(30)27-25(29)33)14-35-40(41,39-18-10-8-7-9-11-18)28-17(5)23(32)36-16(3)4/h7-13,15-17,19,21,24-25,33-34H,14H2,1-6H3,(H,27,30)(H,28,41). The van der Waals surface area contributed by atoms with Gasteiger partial charge in [-0.15, -0.1) is 0 Å². The lowest BCUT2D eigenvalue weighted by atomic mass is 9.95. The van der Waals surface area contributed by atoms with Gasteiger partial charge in [-0.2, -0.15) is 0 Å². The molecule has 41 heavy (non-hydrogen) atoms. The number of carbonyl (C=O) groups is 3. The summed E-state index contributed by atoms with van der Waals surface area (Å²) in [5.74, 6) is -1.84. The lowest BCUT2D eigenvalue weighted by molar-refractivity contribution is -0.180. The zero-order valence-electron chi connectivity index (χ0n) is 23.8. The van der Waals surface area contributed by atoms with Crippen LogP contribution in [0, 0.1) is 5.92 Å². The van der Waals surface area contributed by atoms with Gasteiger partial charge in [0.2, 0.25) is 12.3 Å². The van der Waals surface area contributed by atoms with Crippen LogP contribution >= 0.6 is 6.64 Å². The minimum Gasteiger partial charge on any atom is -0.462 e. The predicted molar refractivity (Wildman–Crippen MR) is 150 cm³/mol. The van der Waals surface area contributed by atoms with Gasteiger partial charge in [-0.05, 0) is 51.6 Å². The number of esters is 2. The van der Waals surface area contributed by atoms with E-state index in [9.17, 15) is 24.6 Å². The summed E-state index contributed by atoms with van der Waals surface area (Å²) in [6.07, 6.45) is -3.10. The molecule has 0 radical (unpaired) electrons. The van der Waals surface area contributed by atoms with Crippen LogP contribution in [0.5, 0.6) is 5.75 Å². The minimum atomic E-state index is -3.49. The number of aliphatic hydroxyl groups excluding tert-OH is 1. The molecule has 4 N–H and O–H groups in total. The van der Waals surface area contributed by atoms with Crippen molar-refractivity contribution in [2.45, 2.75) is 84.1 Å². The first kappa shape index (κ1) is 32.9. The zero-order chi connectivity index (χ0) is 30.5. The topological polar surface area (TPSA) is 165 Å². The maximum absolute atomic E-state index is 12.6. The van der Waals surface area contributed by atoms with Gasteiger partial charge in [-0.3, -0.25) is 14.4 Å². The second kappa shape index (κ2) is 13.6. The molecule has 1 aromatic carbocycles. The summed E-state index contributed by atoms with van der Waals surface area (Å²) >= 11 is 5.75. The molecule has 7 atom stereocenters. The van der Waals surface area contributed by atoms with Gasteiger partial charge >= 0.3 is 18.6 Å². The molecule has 2 heterocycles. The van der Waals surface area contributed by atoms with E-state index < -0.39 is 66.8 Å². The van der Waals surface area contributed by atoms with Gasteiger partial charge in [0.25, 0.3) is 0 Å². The predicted octanol–water partition coefficient (Wildman–Crippen LogP) is 1.50. The van der Waals surface area contributed by atoms with Gasteiger partial charge in [0.05, 0.1) is 18.6 Å². The SMILES string of the molecule is CC(C)OC(=O)C(C)NP(=S)(OCC1OC(N2C=CC(=O)NC2O)C(C)(O)C1OC(=O)C(C)C)Oc1ccccc1. The van der Waals surface area contributed by atoms with Crippen LogP contribution in [-0.2, 0) is 44.9 Å². The van der Waals surface area contributed by atoms with Crippen LogP contribution in [0.2, 0.25) is 0 Å². The highest BCUT2D eigenvalue weighted by Crippen LogP contribution is 2.47. The normalized spacial score (nSPS) is 28.2. The summed E-state index contributed by atoms with van der Waals surface area (Å²) < 4.78 is 29.1. The van der Waals surface area contributed by atoms with E-state index in [1.54, 1.807) is 65.0 Å². The van der Waals surface area contributed by atoms with Crippen molar-refractivity contribution in [1.29, 1.82) is 0 Å². The average molecular weight is 616 g/mol. The number of aliphatic hydroxyl groups is 2. The van der Waals surface area contributed by atoms with Crippen molar-refractivity contribution in [3.63, 3.8) is 0 Å². The van der Waals surface area contributed by atoms with Crippen molar-refractivity contribution in [2.24, 2.45) is 5.92 Å². The number of ether oxygens (including phenoxy) is 3. The van der Waals surface area contributed by atoms with Crippen molar-refractivity contribution < 1.29 is 47.9 Å². The van der Waals surface area contributed by atoms with E-state index in [1.807, 2.05) is 0 Å². The lowest BCUT2D eigenvalue weighted by Crippen LogP contribution is -2.60. The lowest BCUT2D eigenvalue weighted by Gasteiger charge is -2.39. The molecule has 13 nitrogen and oxygen atoms in total. The number of carbonyl (C=O) groups excluding carboxylic acids is 3. The number of benzene rings is 1. The number of rotatable bonds is 12. The van der Waals surface area contributed by atoms with Gasteiger partial charge in [-0.25, -0.2) is 5.09 Å². The molecule has 0 bridgehead atoms. The Labute approximate surface area is 244 Å². The largest absolute Gasteiger partial charge is 0.462 e. The summed E-state index contributed by atoms with van der Waals surface area (Å²) in [6.45, 7) is 5.81. The summed E-state index contributed by atoms with van der Waals surface area (Å²) in [7, 11) is 0. The molecule has 1 aromatic rings. The fraction of sp³-hybridized carbons (Fsp3) is 0.577. The van der Waals surface area contributed by atoms with Crippen LogP contribution in [0.15, 0.2) is 42.6 Å². The third-order valence-electron chi connectivity index (χ3n) is 6.09. The third kappa shape index (κ3) is 8.48. The molecule has 0 aromatic heterocycles. The molecule has 15 heteroatoms. The van der Waals surface area contributed by atoms with E-state index in [4.69, 9.17) is 35.1 Å². The Morgan fingerprint density at radius 1 is 1.20 bits per heavy atom. The number of nitrogens with zero attached hydrogens (tertiary/aromatic N) is 1. The van der Waals surface area contributed by atoms with Crippen LogP contribution in [0.1, 0.15) is 41.5 Å². The summed E-state index contributed by atoms with van der Waals surface area (Å²) in [5, 5.41) is 27.2. The molecule has 2 aliphatic heterocycles. The highest BCUT2D eigenvalue weighted by Gasteiger charge is 2.58. The van der Waals surface area contributed by atoms with Crippen LogP contribution in [-0.4, -0.2) is 82.1 Å². The molecule has 228 valence electrons. The fourth-order valence-corrected chi connectivity index (χ4v) is 6.46. The van der Waals surface area contributed by atoms with Crippen LogP contribution in [0.25, 0.3) is 0 Å². The Hall–Kier alpha value is -2.58. The number of nitrogens with one attached hydrogen (secondary N) is 2. The summed E-state index contributed by atoms with van der Waals surface area (Å²) in [6, 6.07) is 7.71. The second-order valence-corrected chi connectivity index (χ2v) is 13.6. The Kier molecular flexibility index (Phi) is 10.9. The van der Waals surface area contributed by atoms with Crippen molar-refractivity contribution in [1.82, 2.24) is 15.3 Å². The van der Waals surface area contributed by atoms with Gasteiger partial charge in [0.1, 0.15) is 23.5 Å². The molecule has 1 saturated heterocycles. The van der Waals surface area contributed by atoms with Gasteiger partial charge in [0, 0.05) is 12.3 Å². The maximum atomic E-state index is 12.6. The van der Waals surface area contributed by atoms with Crippen molar-refractivity contribution in [3.8, 4) is 5.75 Å². The summed E-state index contributed by atoms with van der Waals surface area (Å²) in [4.78, 5) is 38.0. The molecular weight excluding hydrogens is 577 g/mol. The molecule has 7 unspecified atom stereocenters. The molecule has 2 aliphatic rings. The molecule has 0 saturated carbocycles. The monoisotopic (exact) mass is 615 g/mol. The van der Waals surface area contributed by atoms with E-state index in [2.05, 4.69) is 10.4 Å². The molecule has 0 aliphatic carbocycles. The highest BCUT2D eigenvalue weighted by molar-refractivity contribution is 8.09. The first-order valence-electron chi connectivity index (χ1n) is 13.1. The molecule has 1 fully saturated rings. The third-order valence-corrected chi connectivity index (χ3v) is 8.59.